The van der Waals surface area contributed by atoms with Gasteiger partial charge in [0.05, 0.1) is 11.4 Å². The van der Waals surface area contributed by atoms with Crippen LogP contribution in [0.15, 0.2) is 12.1 Å². The highest BCUT2D eigenvalue weighted by atomic mass is 19.1. The fourth-order valence-corrected chi connectivity index (χ4v) is 1.62. The van der Waals surface area contributed by atoms with Crippen LogP contribution in [0.3, 0.4) is 0 Å². The summed E-state index contributed by atoms with van der Waals surface area (Å²) in [4.78, 5) is 12.7. The van der Waals surface area contributed by atoms with E-state index < -0.39 is 17.7 Å². The van der Waals surface area contributed by atoms with Gasteiger partial charge in [-0.3, -0.25) is 4.90 Å². The molecule has 1 aromatic rings. The van der Waals surface area contributed by atoms with Crippen molar-refractivity contribution < 1.29 is 13.6 Å². The number of anilines is 2. The summed E-state index contributed by atoms with van der Waals surface area (Å²) >= 11 is 0. The van der Waals surface area contributed by atoms with E-state index in [4.69, 9.17) is 5.73 Å². The molecule has 1 aliphatic heterocycles. The summed E-state index contributed by atoms with van der Waals surface area (Å²) in [5.74, 6) is -1.61. The van der Waals surface area contributed by atoms with E-state index in [0.29, 0.717) is 25.6 Å². The van der Waals surface area contributed by atoms with Crippen LogP contribution in [0.25, 0.3) is 0 Å². The smallest absolute Gasteiger partial charge is 0.321 e. The summed E-state index contributed by atoms with van der Waals surface area (Å²) in [7, 11) is 0. The van der Waals surface area contributed by atoms with Gasteiger partial charge in [0.1, 0.15) is 11.6 Å². The van der Waals surface area contributed by atoms with Gasteiger partial charge in [0.2, 0.25) is 0 Å². The lowest BCUT2D eigenvalue weighted by molar-refractivity contribution is 0.242. The number of nitrogens with zero attached hydrogens (tertiary/aromatic N) is 1. The summed E-state index contributed by atoms with van der Waals surface area (Å²) in [5.41, 5.74) is 5.18. The van der Waals surface area contributed by atoms with Crippen molar-refractivity contribution in [2.75, 3.05) is 23.7 Å². The molecule has 1 fully saturated rings. The number of halogens is 2. The van der Waals surface area contributed by atoms with Gasteiger partial charge in [0, 0.05) is 19.2 Å². The zero-order valence-electron chi connectivity index (χ0n) is 8.46. The van der Waals surface area contributed by atoms with Gasteiger partial charge in [0.25, 0.3) is 0 Å². The van der Waals surface area contributed by atoms with E-state index in [1.165, 1.54) is 4.90 Å². The normalized spacial score (nSPS) is 16.1. The fraction of sp³-hybridized carbons (Fsp3) is 0.300. The number of carbonyl (C=O) groups is 1. The maximum Gasteiger partial charge on any atom is 0.321 e. The standard InChI is InChI=1S/C10H11F2N3O/c11-6-4-7(12)9(5-8(6)13)15-3-1-2-14-10(15)16/h4-5H,1-3,13H2,(H,14,16). The second-order valence-corrected chi connectivity index (χ2v) is 3.56. The molecule has 16 heavy (non-hydrogen) atoms. The molecule has 1 heterocycles. The summed E-state index contributed by atoms with van der Waals surface area (Å²) in [6.45, 7) is 0.960. The summed E-state index contributed by atoms with van der Waals surface area (Å²) in [6, 6.07) is 1.43. The lowest BCUT2D eigenvalue weighted by Crippen LogP contribution is -2.46. The van der Waals surface area contributed by atoms with Gasteiger partial charge in [-0.1, -0.05) is 0 Å². The highest BCUT2D eigenvalue weighted by molar-refractivity contribution is 5.93. The molecular weight excluding hydrogens is 216 g/mol. The number of nitrogens with one attached hydrogen (secondary N) is 1. The number of amides is 2. The Morgan fingerprint density at radius 3 is 2.75 bits per heavy atom. The maximum absolute atomic E-state index is 13.5. The molecule has 4 nitrogen and oxygen atoms in total. The Labute approximate surface area is 91.0 Å². The fourth-order valence-electron chi connectivity index (χ4n) is 1.62. The summed E-state index contributed by atoms with van der Waals surface area (Å²) in [5, 5.41) is 2.58. The van der Waals surface area contributed by atoms with Crippen molar-refractivity contribution in [3.05, 3.63) is 23.8 Å². The SMILES string of the molecule is Nc1cc(N2CCCNC2=O)c(F)cc1F. The summed E-state index contributed by atoms with van der Waals surface area (Å²) < 4.78 is 26.4. The molecule has 0 radical (unpaired) electrons. The van der Waals surface area contributed by atoms with E-state index >= 15 is 0 Å². The molecule has 2 rings (SSSR count). The minimum atomic E-state index is -0.821. The van der Waals surface area contributed by atoms with E-state index in [0.717, 1.165) is 6.07 Å². The van der Waals surface area contributed by atoms with Crippen LogP contribution < -0.4 is 16.0 Å². The lowest BCUT2D eigenvalue weighted by Gasteiger charge is -2.27. The van der Waals surface area contributed by atoms with E-state index in [9.17, 15) is 13.6 Å². The van der Waals surface area contributed by atoms with Crippen molar-refractivity contribution >= 4 is 17.4 Å². The molecule has 0 bridgehead atoms. The largest absolute Gasteiger partial charge is 0.396 e. The number of rotatable bonds is 1. The number of urea groups is 1. The molecule has 0 aliphatic carbocycles. The number of nitrogens with two attached hydrogens (primary N) is 1. The van der Waals surface area contributed by atoms with Gasteiger partial charge in [0.15, 0.2) is 0 Å². The van der Waals surface area contributed by atoms with E-state index in [2.05, 4.69) is 5.32 Å². The second-order valence-electron chi connectivity index (χ2n) is 3.56. The van der Waals surface area contributed by atoms with Gasteiger partial charge in [-0.2, -0.15) is 0 Å². The zero-order valence-corrected chi connectivity index (χ0v) is 8.46. The van der Waals surface area contributed by atoms with Crippen LogP contribution in [0.4, 0.5) is 25.0 Å². The molecule has 6 heteroatoms. The molecule has 0 atom stereocenters. The Bertz CT molecular complexity index is 436. The van der Waals surface area contributed by atoms with Crippen LogP contribution in [0.1, 0.15) is 6.42 Å². The van der Waals surface area contributed by atoms with Crippen molar-refractivity contribution in [2.24, 2.45) is 0 Å². The number of carbonyl (C=O) groups excluding carboxylic acids is 1. The van der Waals surface area contributed by atoms with Crippen molar-refractivity contribution in [3.8, 4) is 0 Å². The van der Waals surface area contributed by atoms with Crippen LogP contribution in [0.5, 0.6) is 0 Å². The predicted octanol–water partition coefficient (Wildman–Crippen LogP) is 1.47. The molecule has 0 spiro atoms. The monoisotopic (exact) mass is 227 g/mol. The third-order valence-corrected chi connectivity index (χ3v) is 2.44. The number of benzene rings is 1. The summed E-state index contributed by atoms with van der Waals surface area (Å²) in [6.07, 6.45) is 0.711. The van der Waals surface area contributed by atoms with E-state index in [-0.39, 0.29) is 11.4 Å². The van der Waals surface area contributed by atoms with Gasteiger partial charge in [-0.25, -0.2) is 13.6 Å². The first-order valence-electron chi connectivity index (χ1n) is 4.89. The first-order valence-corrected chi connectivity index (χ1v) is 4.89. The number of hydrogen-bond donors (Lipinski definition) is 2. The molecule has 1 saturated heterocycles. The maximum atomic E-state index is 13.5. The van der Waals surface area contributed by atoms with Crippen LogP contribution >= 0.6 is 0 Å². The second kappa shape index (κ2) is 3.96. The van der Waals surface area contributed by atoms with Crippen LogP contribution in [-0.2, 0) is 0 Å². The Morgan fingerprint density at radius 1 is 1.31 bits per heavy atom. The zero-order chi connectivity index (χ0) is 11.7. The molecule has 0 unspecified atom stereocenters. The lowest BCUT2D eigenvalue weighted by atomic mass is 10.2. The van der Waals surface area contributed by atoms with Crippen molar-refractivity contribution in [2.45, 2.75) is 6.42 Å². The van der Waals surface area contributed by atoms with Crippen LogP contribution in [0, 0.1) is 11.6 Å². The van der Waals surface area contributed by atoms with E-state index in [1.807, 2.05) is 0 Å². The Balaban J connectivity index is 2.39. The quantitative estimate of drug-likeness (QED) is 0.714. The average molecular weight is 227 g/mol. The highest BCUT2D eigenvalue weighted by Gasteiger charge is 2.23. The van der Waals surface area contributed by atoms with Gasteiger partial charge in [-0.05, 0) is 12.5 Å². The molecule has 2 amide bonds. The third kappa shape index (κ3) is 1.78. The predicted molar refractivity (Wildman–Crippen MR) is 56.1 cm³/mol. The number of hydrogen-bond acceptors (Lipinski definition) is 2. The van der Waals surface area contributed by atoms with Crippen molar-refractivity contribution in [1.82, 2.24) is 5.32 Å². The van der Waals surface area contributed by atoms with Gasteiger partial charge >= 0.3 is 6.03 Å². The number of nitrogen functional groups attached to an aromatic ring is 1. The molecule has 1 aliphatic rings. The van der Waals surface area contributed by atoms with Gasteiger partial charge < -0.3 is 11.1 Å². The molecule has 0 saturated carbocycles. The molecule has 1 aromatic carbocycles. The van der Waals surface area contributed by atoms with Crippen molar-refractivity contribution in [1.29, 1.82) is 0 Å². The van der Waals surface area contributed by atoms with Crippen LogP contribution in [-0.4, -0.2) is 19.1 Å². The first kappa shape index (κ1) is 10.7. The van der Waals surface area contributed by atoms with Crippen LogP contribution in [0.2, 0.25) is 0 Å². The minimum Gasteiger partial charge on any atom is -0.396 e. The molecule has 3 N–H and O–H groups in total. The topological polar surface area (TPSA) is 58.4 Å². The molecule has 86 valence electrons. The molecule has 0 aromatic heterocycles. The van der Waals surface area contributed by atoms with E-state index in [1.54, 1.807) is 0 Å². The first-order chi connectivity index (χ1) is 7.59. The Hall–Kier alpha value is -1.85. The third-order valence-electron chi connectivity index (χ3n) is 2.44. The molecular formula is C10H11F2N3O. The average Bonchev–Trinajstić information content (AvgIpc) is 2.25. The Morgan fingerprint density at radius 2 is 2.06 bits per heavy atom. The Kier molecular flexibility index (Phi) is 2.64. The highest BCUT2D eigenvalue weighted by Crippen LogP contribution is 2.25. The minimum absolute atomic E-state index is 0.0103. The van der Waals surface area contributed by atoms with Crippen molar-refractivity contribution in [3.63, 3.8) is 0 Å². The van der Waals surface area contributed by atoms with Gasteiger partial charge in [-0.15, -0.1) is 0 Å².